The van der Waals surface area contributed by atoms with Crippen molar-refractivity contribution in [1.29, 1.82) is 0 Å². The first-order valence-corrected chi connectivity index (χ1v) is 7.66. The van der Waals surface area contributed by atoms with E-state index in [0.29, 0.717) is 5.88 Å². The van der Waals surface area contributed by atoms with E-state index in [9.17, 15) is 0 Å². The molecule has 0 aliphatic heterocycles. The summed E-state index contributed by atoms with van der Waals surface area (Å²) in [5.41, 5.74) is 5.09. The van der Waals surface area contributed by atoms with Gasteiger partial charge in [0.1, 0.15) is 0 Å². The normalized spacial score (nSPS) is 10.7. The number of methoxy groups -OCH3 is 1. The standard InChI is InChI=1S/C20H15N3O/c1-24-20-13-15(7-10-23-20)19-12-14(6-9-22-19)16-8-11-21-18-5-3-2-4-17(16)18/h2-13H,1H3. The Kier molecular flexibility index (Phi) is 3.63. The summed E-state index contributed by atoms with van der Waals surface area (Å²) in [5.74, 6) is 0.578. The van der Waals surface area contributed by atoms with Crippen LogP contribution in [-0.2, 0) is 0 Å². The van der Waals surface area contributed by atoms with Crippen LogP contribution < -0.4 is 4.74 Å². The van der Waals surface area contributed by atoms with Crippen molar-refractivity contribution in [1.82, 2.24) is 15.0 Å². The van der Waals surface area contributed by atoms with Gasteiger partial charge in [0.15, 0.2) is 0 Å². The van der Waals surface area contributed by atoms with Crippen LogP contribution >= 0.6 is 0 Å². The van der Waals surface area contributed by atoms with E-state index < -0.39 is 0 Å². The first kappa shape index (κ1) is 14.3. The van der Waals surface area contributed by atoms with Crippen LogP contribution in [0.25, 0.3) is 33.3 Å². The van der Waals surface area contributed by atoms with Crippen molar-refractivity contribution in [3.63, 3.8) is 0 Å². The van der Waals surface area contributed by atoms with Crippen molar-refractivity contribution in [3.8, 4) is 28.3 Å². The van der Waals surface area contributed by atoms with Crippen LogP contribution in [0.15, 0.2) is 73.2 Å². The molecule has 3 aromatic heterocycles. The van der Waals surface area contributed by atoms with E-state index in [1.807, 2.05) is 54.9 Å². The Balaban J connectivity index is 1.85. The second kappa shape index (κ2) is 6.08. The quantitative estimate of drug-likeness (QED) is 0.563. The number of rotatable bonds is 3. The molecule has 0 fully saturated rings. The van der Waals surface area contributed by atoms with Crippen molar-refractivity contribution in [3.05, 3.63) is 73.2 Å². The average molecular weight is 313 g/mol. The molecule has 0 atom stereocenters. The summed E-state index contributed by atoms with van der Waals surface area (Å²) in [6.07, 6.45) is 5.39. The molecule has 24 heavy (non-hydrogen) atoms. The van der Waals surface area contributed by atoms with Crippen LogP contribution in [0.5, 0.6) is 5.88 Å². The van der Waals surface area contributed by atoms with E-state index in [0.717, 1.165) is 33.3 Å². The highest BCUT2D eigenvalue weighted by Gasteiger charge is 2.07. The van der Waals surface area contributed by atoms with Gasteiger partial charge >= 0.3 is 0 Å². The number of hydrogen-bond donors (Lipinski definition) is 0. The Bertz CT molecular complexity index is 1010. The molecule has 0 aliphatic carbocycles. The molecule has 0 radical (unpaired) electrons. The van der Waals surface area contributed by atoms with Gasteiger partial charge in [-0.1, -0.05) is 18.2 Å². The summed E-state index contributed by atoms with van der Waals surface area (Å²) in [5, 5.41) is 1.13. The van der Waals surface area contributed by atoms with Gasteiger partial charge in [0, 0.05) is 35.6 Å². The lowest BCUT2D eigenvalue weighted by Crippen LogP contribution is -1.90. The highest BCUT2D eigenvalue weighted by Crippen LogP contribution is 2.30. The van der Waals surface area contributed by atoms with Gasteiger partial charge < -0.3 is 4.74 Å². The van der Waals surface area contributed by atoms with Gasteiger partial charge in [0.05, 0.1) is 18.3 Å². The van der Waals surface area contributed by atoms with E-state index in [4.69, 9.17) is 4.74 Å². The Morgan fingerprint density at radius 3 is 2.46 bits per heavy atom. The van der Waals surface area contributed by atoms with E-state index >= 15 is 0 Å². The van der Waals surface area contributed by atoms with Crippen LogP contribution in [0, 0.1) is 0 Å². The second-order valence-corrected chi connectivity index (χ2v) is 5.39. The zero-order valence-electron chi connectivity index (χ0n) is 13.2. The van der Waals surface area contributed by atoms with Crippen LogP contribution in [0.3, 0.4) is 0 Å². The molecular weight excluding hydrogens is 298 g/mol. The molecule has 3 heterocycles. The molecule has 0 aliphatic rings. The zero-order chi connectivity index (χ0) is 16.4. The molecule has 0 saturated carbocycles. The number of para-hydroxylation sites is 1. The second-order valence-electron chi connectivity index (χ2n) is 5.39. The summed E-state index contributed by atoms with van der Waals surface area (Å²) in [6.45, 7) is 0. The number of ether oxygens (including phenoxy) is 1. The van der Waals surface area contributed by atoms with Crippen molar-refractivity contribution >= 4 is 10.9 Å². The third kappa shape index (κ3) is 2.58. The van der Waals surface area contributed by atoms with Gasteiger partial charge in [-0.2, -0.15) is 0 Å². The lowest BCUT2D eigenvalue weighted by molar-refractivity contribution is 0.398. The fourth-order valence-corrected chi connectivity index (χ4v) is 2.78. The maximum Gasteiger partial charge on any atom is 0.213 e. The first-order chi connectivity index (χ1) is 11.8. The Morgan fingerprint density at radius 2 is 1.54 bits per heavy atom. The zero-order valence-corrected chi connectivity index (χ0v) is 13.2. The molecule has 4 nitrogen and oxygen atoms in total. The highest BCUT2D eigenvalue weighted by atomic mass is 16.5. The molecule has 4 aromatic rings. The number of benzene rings is 1. The van der Waals surface area contributed by atoms with Crippen LogP contribution in [-0.4, -0.2) is 22.1 Å². The number of nitrogens with zero attached hydrogens (tertiary/aromatic N) is 3. The van der Waals surface area contributed by atoms with Gasteiger partial charge in [0.25, 0.3) is 0 Å². The van der Waals surface area contributed by atoms with E-state index in [-0.39, 0.29) is 0 Å². The van der Waals surface area contributed by atoms with Crippen molar-refractivity contribution in [2.24, 2.45) is 0 Å². The van der Waals surface area contributed by atoms with Crippen LogP contribution in [0.4, 0.5) is 0 Å². The van der Waals surface area contributed by atoms with Gasteiger partial charge in [0.2, 0.25) is 5.88 Å². The molecule has 0 spiro atoms. The van der Waals surface area contributed by atoms with Crippen LogP contribution in [0.2, 0.25) is 0 Å². The molecule has 4 heteroatoms. The number of hydrogen-bond acceptors (Lipinski definition) is 4. The van der Waals surface area contributed by atoms with Crippen molar-refractivity contribution in [2.45, 2.75) is 0 Å². The minimum absolute atomic E-state index is 0.578. The minimum Gasteiger partial charge on any atom is -0.481 e. The number of aromatic nitrogens is 3. The molecule has 1 aromatic carbocycles. The predicted molar refractivity (Wildman–Crippen MR) is 94.8 cm³/mol. The third-order valence-corrected chi connectivity index (χ3v) is 3.96. The maximum atomic E-state index is 5.20. The molecule has 0 saturated heterocycles. The third-order valence-electron chi connectivity index (χ3n) is 3.96. The predicted octanol–water partition coefficient (Wildman–Crippen LogP) is 4.37. The van der Waals surface area contributed by atoms with Gasteiger partial charge in [-0.3, -0.25) is 9.97 Å². The van der Waals surface area contributed by atoms with Crippen molar-refractivity contribution in [2.75, 3.05) is 7.11 Å². The van der Waals surface area contributed by atoms with E-state index in [1.54, 1.807) is 13.3 Å². The molecule has 0 amide bonds. The fraction of sp³-hybridized carbons (Fsp3) is 0.0500. The number of fused-ring (bicyclic) bond motifs is 1. The smallest absolute Gasteiger partial charge is 0.213 e. The fourth-order valence-electron chi connectivity index (χ4n) is 2.78. The summed E-state index contributed by atoms with van der Waals surface area (Å²) in [6, 6.07) is 18.1. The molecule has 116 valence electrons. The topological polar surface area (TPSA) is 47.9 Å². The molecule has 0 unspecified atom stereocenters. The lowest BCUT2D eigenvalue weighted by atomic mass is 10.0. The summed E-state index contributed by atoms with van der Waals surface area (Å²) < 4.78 is 5.20. The van der Waals surface area contributed by atoms with E-state index in [2.05, 4.69) is 27.1 Å². The Morgan fingerprint density at radius 1 is 0.750 bits per heavy atom. The molecular formula is C20H15N3O. The van der Waals surface area contributed by atoms with Gasteiger partial charge in [-0.15, -0.1) is 0 Å². The Hall–Kier alpha value is -3.27. The molecule has 4 rings (SSSR count). The summed E-state index contributed by atoms with van der Waals surface area (Å²) in [7, 11) is 1.61. The SMILES string of the molecule is COc1cc(-c2cc(-c3ccnc4ccccc34)ccn2)ccn1. The average Bonchev–Trinajstić information content (AvgIpc) is 2.67. The maximum absolute atomic E-state index is 5.20. The summed E-state index contributed by atoms with van der Waals surface area (Å²) in [4.78, 5) is 13.1. The minimum atomic E-state index is 0.578. The van der Waals surface area contributed by atoms with E-state index in [1.165, 1.54) is 0 Å². The largest absolute Gasteiger partial charge is 0.481 e. The monoisotopic (exact) mass is 313 g/mol. The summed E-state index contributed by atoms with van der Waals surface area (Å²) >= 11 is 0. The Labute approximate surface area is 139 Å². The van der Waals surface area contributed by atoms with Gasteiger partial charge in [-0.25, -0.2) is 4.98 Å². The molecule has 0 bridgehead atoms. The molecule has 0 N–H and O–H groups in total. The first-order valence-electron chi connectivity index (χ1n) is 7.66. The van der Waals surface area contributed by atoms with Crippen LogP contribution in [0.1, 0.15) is 0 Å². The van der Waals surface area contributed by atoms with Crippen molar-refractivity contribution < 1.29 is 4.74 Å². The number of pyridine rings is 3. The highest BCUT2D eigenvalue weighted by molar-refractivity contribution is 5.94. The lowest BCUT2D eigenvalue weighted by Gasteiger charge is -2.08. The van der Waals surface area contributed by atoms with Gasteiger partial charge in [-0.05, 0) is 41.5 Å².